The van der Waals surface area contributed by atoms with Crippen molar-refractivity contribution in [1.29, 1.82) is 0 Å². The molecule has 0 radical (unpaired) electrons. The van der Waals surface area contributed by atoms with Gasteiger partial charge in [-0.2, -0.15) is 5.10 Å². The lowest BCUT2D eigenvalue weighted by molar-refractivity contribution is 0.468. The molecular formula is C14H20N4S. The fourth-order valence-corrected chi connectivity index (χ4v) is 2.46. The third-order valence-corrected chi connectivity index (χ3v) is 3.57. The van der Waals surface area contributed by atoms with Crippen LogP contribution >= 0.6 is 11.8 Å². The molecule has 0 saturated heterocycles. The molecule has 0 atom stereocenters. The Morgan fingerprint density at radius 1 is 1.32 bits per heavy atom. The Hall–Kier alpha value is -1.49. The van der Waals surface area contributed by atoms with Gasteiger partial charge in [0.15, 0.2) is 0 Å². The first-order valence-corrected chi connectivity index (χ1v) is 7.66. The molecule has 5 heteroatoms. The Balaban J connectivity index is 2.04. The molecule has 0 spiro atoms. The summed E-state index contributed by atoms with van der Waals surface area (Å²) < 4.78 is 1.97. The Bertz CT molecular complexity index is 522. The Labute approximate surface area is 118 Å². The van der Waals surface area contributed by atoms with Crippen LogP contribution in [0.1, 0.15) is 19.7 Å². The highest BCUT2D eigenvalue weighted by Gasteiger charge is 2.07. The van der Waals surface area contributed by atoms with Crippen LogP contribution in [0.5, 0.6) is 0 Å². The average molecular weight is 276 g/mol. The topological polar surface area (TPSA) is 42.7 Å². The van der Waals surface area contributed by atoms with E-state index in [0.29, 0.717) is 12.5 Å². The van der Waals surface area contributed by atoms with E-state index in [9.17, 15) is 0 Å². The fourth-order valence-electron chi connectivity index (χ4n) is 1.89. The highest BCUT2D eigenvalue weighted by Crippen LogP contribution is 2.24. The number of aromatic nitrogens is 3. The van der Waals surface area contributed by atoms with Crippen LogP contribution in [0, 0.1) is 5.92 Å². The molecule has 0 aliphatic carbocycles. The first kappa shape index (κ1) is 13.9. The zero-order valence-corrected chi connectivity index (χ0v) is 12.4. The van der Waals surface area contributed by atoms with Gasteiger partial charge >= 0.3 is 0 Å². The molecular weight excluding hydrogens is 256 g/mol. The number of para-hydroxylation sites is 1. The van der Waals surface area contributed by atoms with Crippen LogP contribution in [0.25, 0.3) is 0 Å². The SMILES string of the molecule is CSc1ccccc1NCc1ncnn1CC(C)C. The second kappa shape index (κ2) is 6.61. The van der Waals surface area contributed by atoms with Crippen molar-refractivity contribution in [2.24, 2.45) is 5.92 Å². The molecule has 1 N–H and O–H groups in total. The van der Waals surface area contributed by atoms with Crippen LogP contribution in [0.3, 0.4) is 0 Å². The summed E-state index contributed by atoms with van der Waals surface area (Å²) in [6.07, 6.45) is 3.71. The number of hydrogen-bond acceptors (Lipinski definition) is 4. The molecule has 0 saturated carbocycles. The van der Waals surface area contributed by atoms with Crippen molar-refractivity contribution in [3.8, 4) is 0 Å². The second-order valence-electron chi connectivity index (χ2n) is 4.81. The van der Waals surface area contributed by atoms with Gasteiger partial charge in [-0.25, -0.2) is 9.67 Å². The van der Waals surface area contributed by atoms with E-state index >= 15 is 0 Å². The van der Waals surface area contributed by atoms with Crippen LogP contribution in [0.2, 0.25) is 0 Å². The summed E-state index contributed by atoms with van der Waals surface area (Å²) >= 11 is 1.74. The number of nitrogens with one attached hydrogen (secondary N) is 1. The molecule has 1 aromatic carbocycles. The van der Waals surface area contributed by atoms with E-state index < -0.39 is 0 Å². The van der Waals surface area contributed by atoms with Gasteiger partial charge in [0.05, 0.1) is 6.54 Å². The van der Waals surface area contributed by atoms with E-state index in [2.05, 4.69) is 53.7 Å². The zero-order valence-electron chi connectivity index (χ0n) is 11.6. The number of nitrogens with zero attached hydrogens (tertiary/aromatic N) is 3. The van der Waals surface area contributed by atoms with Crippen molar-refractivity contribution in [3.63, 3.8) is 0 Å². The van der Waals surface area contributed by atoms with E-state index in [1.165, 1.54) is 4.90 Å². The minimum Gasteiger partial charge on any atom is -0.377 e. The summed E-state index contributed by atoms with van der Waals surface area (Å²) in [6.45, 7) is 5.97. The van der Waals surface area contributed by atoms with Crippen LogP contribution in [0.4, 0.5) is 5.69 Å². The molecule has 1 aromatic heterocycles. The first-order chi connectivity index (χ1) is 9.20. The van der Waals surface area contributed by atoms with Crippen molar-refractivity contribution in [1.82, 2.24) is 14.8 Å². The number of rotatable bonds is 6. The molecule has 0 aliphatic heterocycles. The first-order valence-electron chi connectivity index (χ1n) is 6.44. The summed E-state index contributed by atoms with van der Waals surface area (Å²) in [4.78, 5) is 5.57. The average Bonchev–Trinajstić information content (AvgIpc) is 2.83. The molecule has 0 bridgehead atoms. The van der Waals surface area contributed by atoms with E-state index in [1.807, 2.05) is 10.7 Å². The van der Waals surface area contributed by atoms with Gasteiger partial charge in [0, 0.05) is 17.1 Å². The van der Waals surface area contributed by atoms with Crippen molar-refractivity contribution in [3.05, 3.63) is 36.4 Å². The van der Waals surface area contributed by atoms with Crippen molar-refractivity contribution >= 4 is 17.4 Å². The molecule has 0 aliphatic rings. The van der Waals surface area contributed by atoms with Crippen LogP contribution < -0.4 is 5.32 Å². The van der Waals surface area contributed by atoms with Crippen LogP contribution in [-0.2, 0) is 13.1 Å². The van der Waals surface area contributed by atoms with E-state index in [1.54, 1.807) is 18.1 Å². The van der Waals surface area contributed by atoms with Gasteiger partial charge in [-0.15, -0.1) is 11.8 Å². The summed E-state index contributed by atoms with van der Waals surface area (Å²) in [5.74, 6) is 1.54. The third-order valence-electron chi connectivity index (χ3n) is 2.78. The van der Waals surface area contributed by atoms with Crippen molar-refractivity contribution in [2.75, 3.05) is 11.6 Å². The van der Waals surface area contributed by atoms with Gasteiger partial charge in [0.1, 0.15) is 12.2 Å². The Morgan fingerprint density at radius 3 is 2.84 bits per heavy atom. The van der Waals surface area contributed by atoms with Gasteiger partial charge in [0.2, 0.25) is 0 Å². The summed E-state index contributed by atoms with van der Waals surface area (Å²) in [5.41, 5.74) is 1.15. The van der Waals surface area contributed by atoms with Crippen molar-refractivity contribution in [2.45, 2.75) is 31.8 Å². The predicted molar refractivity (Wildman–Crippen MR) is 80.4 cm³/mol. The summed E-state index contributed by atoms with van der Waals surface area (Å²) in [7, 11) is 0. The third kappa shape index (κ3) is 3.73. The van der Waals surface area contributed by atoms with Gasteiger partial charge < -0.3 is 5.32 Å². The largest absolute Gasteiger partial charge is 0.377 e. The van der Waals surface area contributed by atoms with Crippen LogP contribution in [-0.4, -0.2) is 21.0 Å². The molecule has 0 fully saturated rings. The maximum absolute atomic E-state index is 4.32. The fraction of sp³-hybridized carbons (Fsp3) is 0.429. The van der Waals surface area contributed by atoms with E-state index in [0.717, 1.165) is 18.1 Å². The maximum atomic E-state index is 4.32. The Kier molecular flexibility index (Phi) is 4.85. The molecule has 19 heavy (non-hydrogen) atoms. The highest BCUT2D eigenvalue weighted by molar-refractivity contribution is 7.98. The van der Waals surface area contributed by atoms with Gasteiger partial charge in [-0.3, -0.25) is 0 Å². The molecule has 1 heterocycles. The minimum atomic E-state index is 0.568. The van der Waals surface area contributed by atoms with Gasteiger partial charge in [-0.1, -0.05) is 26.0 Å². The summed E-state index contributed by atoms with van der Waals surface area (Å²) in [6, 6.07) is 8.31. The molecule has 2 aromatic rings. The number of hydrogen-bond donors (Lipinski definition) is 1. The van der Waals surface area contributed by atoms with Crippen LogP contribution in [0.15, 0.2) is 35.5 Å². The second-order valence-corrected chi connectivity index (χ2v) is 5.65. The van der Waals surface area contributed by atoms with Gasteiger partial charge in [0.25, 0.3) is 0 Å². The van der Waals surface area contributed by atoms with E-state index in [4.69, 9.17) is 0 Å². The maximum Gasteiger partial charge on any atom is 0.146 e. The molecule has 102 valence electrons. The number of benzene rings is 1. The minimum absolute atomic E-state index is 0.568. The van der Waals surface area contributed by atoms with E-state index in [-0.39, 0.29) is 0 Å². The Morgan fingerprint density at radius 2 is 2.11 bits per heavy atom. The van der Waals surface area contributed by atoms with Crippen molar-refractivity contribution < 1.29 is 0 Å². The molecule has 2 rings (SSSR count). The number of anilines is 1. The highest BCUT2D eigenvalue weighted by atomic mass is 32.2. The van der Waals surface area contributed by atoms with Gasteiger partial charge in [-0.05, 0) is 24.3 Å². The molecule has 0 unspecified atom stereocenters. The zero-order chi connectivity index (χ0) is 13.7. The lowest BCUT2D eigenvalue weighted by Crippen LogP contribution is -2.13. The standard InChI is InChI=1S/C14H20N4S/c1-11(2)9-18-14(16-10-17-18)8-15-12-6-4-5-7-13(12)19-3/h4-7,10-11,15H,8-9H2,1-3H3. The summed E-state index contributed by atoms with van der Waals surface area (Å²) in [5, 5.41) is 7.71. The molecule has 0 amide bonds. The lowest BCUT2D eigenvalue weighted by Gasteiger charge is -2.12. The monoisotopic (exact) mass is 276 g/mol. The quantitative estimate of drug-likeness (QED) is 0.822. The number of thioether (sulfide) groups is 1. The lowest BCUT2D eigenvalue weighted by atomic mass is 10.2. The molecule has 4 nitrogen and oxygen atoms in total. The normalized spacial score (nSPS) is 10.9. The predicted octanol–water partition coefficient (Wildman–Crippen LogP) is 3.27. The smallest absolute Gasteiger partial charge is 0.146 e.